The molecule has 1 aromatic carbocycles. The minimum atomic E-state index is 1.03. The van der Waals surface area contributed by atoms with Crippen LogP contribution in [0, 0.1) is 0 Å². The summed E-state index contributed by atoms with van der Waals surface area (Å²) in [4.78, 5) is 4.34. The van der Waals surface area contributed by atoms with Crippen LogP contribution in [0.3, 0.4) is 0 Å². The van der Waals surface area contributed by atoms with Crippen LogP contribution in [0.4, 0.5) is 5.69 Å². The average Bonchev–Trinajstić information content (AvgIpc) is 2.13. The van der Waals surface area contributed by atoms with Crippen molar-refractivity contribution in [3.05, 3.63) is 47.6 Å². The van der Waals surface area contributed by atoms with Crippen LogP contribution in [0.15, 0.2) is 47.0 Å². The highest BCUT2D eigenvalue weighted by Gasteiger charge is 1.96. The van der Waals surface area contributed by atoms with Gasteiger partial charge in [0.15, 0.2) is 0 Å². The van der Waals surface area contributed by atoms with Crippen molar-refractivity contribution in [1.29, 1.82) is 0 Å². The molecule has 0 aliphatic carbocycles. The number of allylic oxidation sites excluding steroid dienone is 3. The zero-order valence-corrected chi connectivity index (χ0v) is 7.57. The molecule has 0 bridgehead atoms. The fourth-order valence-electron chi connectivity index (χ4n) is 1.26. The van der Waals surface area contributed by atoms with Crippen molar-refractivity contribution in [3.63, 3.8) is 0 Å². The van der Waals surface area contributed by atoms with Crippen LogP contribution in [0.1, 0.15) is 12.5 Å². The highest BCUT2D eigenvalue weighted by Crippen LogP contribution is 2.21. The largest absolute Gasteiger partial charge is 0.256 e. The van der Waals surface area contributed by atoms with Crippen LogP contribution in [-0.4, -0.2) is 6.21 Å². The number of rotatable bonds is 0. The van der Waals surface area contributed by atoms with Gasteiger partial charge >= 0.3 is 0 Å². The lowest BCUT2D eigenvalue weighted by Crippen LogP contribution is -1.79. The third-order valence-corrected chi connectivity index (χ3v) is 2.01. The maximum absolute atomic E-state index is 4.34. The number of fused-ring (bicyclic) bond motifs is 1. The zero-order chi connectivity index (χ0) is 9.10. The van der Waals surface area contributed by atoms with Crippen LogP contribution in [-0.2, 0) is 0 Å². The number of para-hydroxylation sites is 1. The van der Waals surface area contributed by atoms with Gasteiger partial charge in [0.2, 0.25) is 0 Å². The van der Waals surface area contributed by atoms with E-state index >= 15 is 0 Å². The molecule has 0 fully saturated rings. The number of benzene rings is 1. The Bertz CT molecular complexity index is 397. The van der Waals surface area contributed by atoms with E-state index < -0.39 is 0 Å². The molecule has 13 heavy (non-hydrogen) atoms. The molecule has 0 spiro atoms. The second kappa shape index (κ2) is 3.40. The van der Waals surface area contributed by atoms with Gasteiger partial charge < -0.3 is 0 Å². The first-order chi connectivity index (χ1) is 6.36. The lowest BCUT2D eigenvalue weighted by atomic mass is 10.1. The molecule has 0 saturated heterocycles. The fourth-order valence-corrected chi connectivity index (χ4v) is 1.26. The highest BCUT2D eigenvalue weighted by molar-refractivity contribution is 5.80. The van der Waals surface area contributed by atoms with Crippen molar-refractivity contribution in [2.45, 2.75) is 6.92 Å². The first-order valence-corrected chi connectivity index (χ1v) is 4.34. The van der Waals surface area contributed by atoms with Gasteiger partial charge in [-0.1, -0.05) is 30.4 Å². The second-order valence-electron chi connectivity index (χ2n) is 3.08. The summed E-state index contributed by atoms with van der Waals surface area (Å²) in [6.07, 6.45) is 8.05. The Labute approximate surface area is 78.1 Å². The Balaban J connectivity index is 2.52. The van der Waals surface area contributed by atoms with Gasteiger partial charge in [0, 0.05) is 11.8 Å². The van der Waals surface area contributed by atoms with Gasteiger partial charge in [0.25, 0.3) is 0 Å². The van der Waals surface area contributed by atoms with E-state index in [1.54, 1.807) is 0 Å². The van der Waals surface area contributed by atoms with Gasteiger partial charge in [0.05, 0.1) is 5.69 Å². The van der Waals surface area contributed by atoms with Gasteiger partial charge in [0.1, 0.15) is 0 Å². The third-order valence-electron chi connectivity index (χ3n) is 2.01. The van der Waals surface area contributed by atoms with E-state index in [1.165, 1.54) is 11.1 Å². The van der Waals surface area contributed by atoms with Crippen LogP contribution in [0.2, 0.25) is 0 Å². The first kappa shape index (κ1) is 7.99. The summed E-state index contributed by atoms with van der Waals surface area (Å²) in [5, 5.41) is 0. The normalized spacial score (nSPS) is 20.8. The zero-order valence-electron chi connectivity index (χ0n) is 7.57. The summed E-state index contributed by atoms with van der Waals surface area (Å²) in [5.74, 6) is 0. The standard InChI is InChI=1S/C12H11N/c1-10-6-7-11-4-2-3-5-12(11)13-9-8-10/h2-9H,1H3/b7-6+,9-8?,10-6?,10-8-,11-7?,13-9?,13-12?. The third kappa shape index (κ3) is 1.75. The number of nitrogens with zero attached hydrogens (tertiary/aromatic N) is 1. The van der Waals surface area contributed by atoms with Gasteiger partial charge in [-0.3, -0.25) is 4.99 Å². The smallest absolute Gasteiger partial charge is 0.0701 e. The minimum absolute atomic E-state index is 1.03. The van der Waals surface area contributed by atoms with E-state index in [1.807, 2.05) is 30.5 Å². The molecule has 1 heteroatoms. The Morgan fingerprint density at radius 2 is 1.92 bits per heavy atom. The molecule has 1 aliphatic heterocycles. The quantitative estimate of drug-likeness (QED) is 0.564. The van der Waals surface area contributed by atoms with Gasteiger partial charge in [-0.25, -0.2) is 0 Å². The fraction of sp³-hybridized carbons (Fsp3) is 0.0833. The van der Waals surface area contributed by atoms with E-state index in [9.17, 15) is 0 Å². The predicted molar refractivity (Wildman–Crippen MR) is 57.4 cm³/mol. The molecule has 1 aromatic rings. The summed E-state index contributed by atoms with van der Waals surface area (Å²) in [7, 11) is 0. The molecule has 0 aromatic heterocycles. The lowest BCUT2D eigenvalue weighted by Gasteiger charge is -2.01. The Hall–Kier alpha value is -1.63. The maximum atomic E-state index is 4.34. The molecule has 0 radical (unpaired) electrons. The lowest BCUT2D eigenvalue weighted by molar-refractivity contribution is 1.48. The summed E-state index contributed by atoms with van der Waals surface area (Å²) >= 11 is 0. The highest BCUT2D eigenvalue weighted by atomic mass is 14.7. The Morgan fingerprint density at radius 3 is 2.85 bits per heavy atom. The van der Waals surface area contributed by atoms with E-state index in [2.05, 4.69) is 30.1 Å². The number of hydrogen-bond donors (Lipinski definition) is 0. The monoisotopic (exact) mass is 169 g/mol. The second-order valence-corrected chi connectivity index (χ2v) is 3.08. The molecule has 0 atom stereocenters. The predicted octanol–water partition coefficient (Wildman–Crippen LogP) is 3.36. The average molecular weight is 169 g/mol. The molecule has 1 heterocycles. The topological polar surface area (TPSA) is 12.4 Å². The first-order valence-electron chi connectivity index (χ1n) is 4.34. The van der Waals surface area contributed by atoms with Crippen molar-refractivity contribution < 1.29 is 0 Å². The molecular formula is C12H11N. The van der Waals surface area contributed by atoms with Crippen molar-refractivity contribution in [3.8, 4) is 0 Å². The molecule has 64 valence electrons. The van der Waals surface area contributed by atoms with Crippen LogP contribution >= 0.6 is 0 Å². The molecule has 1 aliphatic rings. The van der Waals surface area contributed by atoms with Crippen molar-refractivity contribution in [2.24, 2.45) is 4.99 Å². The van der Waals surface area contributed by atoms with Gasteiger partial charge in [-0.15, -0.1) is 0 Å². The molecule has 0 N–H and O–H groups in total. The summed E-state index contributed by atoms with van der Waals surface area (Å²) in [5.41, 5.74) is 3.42. The van der Waals surface area contributed by atoms with Gasteiger partial charge in [-0.05, 0) is 24.6 Å². The molecule has 1 nitrogen and oxygen atoms in total. The van der Waals surface area contributed by atoms with Crippen LogP contribution in [0.25, 0.3) is 6.08 Å². The van der Waals surface area contributed by atoms with E-state index in [0.717, 1.165) is 5.69 Å². The summed E-state index contributed by atoms with van der Waals surface area (Å²) < 4.78 is 0. The van der Waals surface area contributed by atoms with Crippen LogP contribution in [0.5, 0.6) is 0 Å². The van der Waals surface area contributed by atoms with E-state index in [0.29, 0.717) is 0 Å². The molecule has 0 amide bonds. The Kier molecular flexibility index (Phi) is 2.09. The van der Waals surface area contributed by atoms with E-state index in [4.69, 9.17) is 0 Å². The SMILES string of the molecule is CC1=C/C=Nc2ccccc2\C=C\1. The number of aliphatic imine (C=N–C) groups is 1. The molecule has 2 rings (SSSR count). The number of hydrogen-bond acceptors (Lipinski definition) is 1. The summed E-state index contributed by atoms with van der Waals surface area (Å²) in [6.45, 7) is 2.07. The van der Waals surface area contributed by atoms with E-state index in [-0.39, 0.29) is 0 Å². The molecule has 0 unspecified atom stereocenters. The molecule has 0 saturated carbocycles. The van der Waals surface area contributed by atoms with Crippen LogP contribution < -0.4 is 0 Å². The van der Waals surface area contributed by atoms with Crippen molar-refractivity contribution in [1.82, 2.24) is 0 Å². The van der Waals surface area contributed by atoms with Crippen molar-refractivity contribution in [2.75, 3.05) is 0 Å². The maximum Gasteiger partial charge on any atom is 0.0701 e. The Morgan fingerprint density at radius 1 is 1.08 bits per heavy atom. The summed E-state index contributed by atoms with van der Waals surface area (Å²) in [6, 6.07) is 8.12. The molecular weight excluding hydrogens is 158 g/mol. The minimum Gasteiger partial charge on any atom is -0.256 e. The van der Waals surface area contributed by atoms with Gasteiger partial charge in [-0.2, -0.15) is 0 Å². The van der Waals surface area contributed by atoms with Crippen molar-refractivity contribution >= 4 is 18.0 Å².